The van der Waals surface area contributed by atoms with Crippen molar-refractivity contribution < 1.29 is 4.74 Å². The van der Waals surface area contributed by atoms with Crippen molar-refractivity contribution in [1.82, 2.24) is 5.32 Å². The molecule has 0 spiro atoms. The summed E-state index contributed by atoms with van der Waals surface area (Å²) >= 11 is 0. The van der Waals surface area contributed by atoms with E-state index in [0.29, 0.717) is 0 Å². The highest BCUT2D eigenvalue weighted by molar-refractivity contribution is 6.88. The molecule has 15 heavy (non-hydrogen) atoms. The normalized spacial score (nSPS) is 11.5. The first-order chi connectivity index (χ1) is 6.99. The van der Waals surface area contributed by atoms with Crippen LogP contribution in [-0.2, 0) is 6.54 Å². The van der Waals surface area contributed by atoms with Crippen LogP contribution in [0.1, 0.15) is 5.56 Å². The molecule has 0 saturated carbocycles. The monoisotopic (exact) mass is 223 g/mol. The van der Waals surface area contributed by atoms with Gasteiger partial charge < -0.3 is 10.1 Å². The van der Waals surface area contributed by atoms with Gasteiger partial charge >= 0.3 is 0 Å². The summed E-state index contributed by atoms with van der Waals surface area (Å²) in [5.74, 6) is 0.978. The lowest BCUT2D eigenvalue weighted by Crippen LogP contribution is -2.37. The van der Waals surface area contributed by atoms with E-state index in [2.05, 4.69) is 43.2 Å². The van der Waals surface area contributed by atoms with Crippen molar-refractivity contribution in [3.63, 3.8) is 0 Å². The fourth-order valence-corrected chi connectivity index (χ4v) is 2.76. The van der Waals surface area contributed by atoms with Crippen molar-refractivity contribution >= 4 is 13.3 Å². The van der Waals surface area contributed by atoms with Gasteiger partial charge in [-0.3, -0.25) is 0 Å². The van der Waals surface area contributed by atoms with Gasteiger partial charge in [0.05, 0.1) is 15.2 Å². The fourth-order valence-electron chi connectivity index (χ4n) is 1.57. The first kappa shape index (κ1) is 12.3. The molecule has 0 saturated heterocycles. The average Bonchev–Trinajstić information content (AvgIpc) is 2.17. The Morgan fingerprint density at radius 3 is 2.40 bits per heavy atom. The molecule has 0 amide bonds. The number of rotatable bonds is 4. The lowest BCUT2D eigenvalue weighted by atomic mass is 10.2. The van der Waals surface area contributed by atoms with Gasteiger partial charge in [-0.1, -0.05) is 37.0 Å². The Balaban J connectivity index is 3.10. The molecule has 0 fully saturated rings. The summed E-state index contributed by atoms with van der Waals surface area (Å²) in [6, 6.07) is 6.56. The molecule has 0 aliphatic heterocycles. The molecule has 0 atom stereocenters. The lowest BCUT2D eigenvalue weighted by Gasteiger charge is -2.19. The average molecular weight is 223 g/mol. The summed E-state index contributed by atoms with van der Waals surface area (Å²) in [6.07, 6.45) is 0. The third kappa shape index (κ3) is 3.07. The van der Waals surface area contributed by atoms with E-state index in [0.717, 1.165) is 12.3 Å². The number of hydrogen-bond acceptors (Lipinski definition) is 2. The van der Waals surface area contributed by atoms with Gasteiger partial charge in [-0.2, -0.15) is 0 Å². The van der Waals surface area contributed by atoms with Gasteiger partial charge in [0.15, 0.2) is 0 Å². The van der Waals surface area contributed by atoms with Crippen LogP contribution < -0.4 is 15.2 Å². The Kier molecular flexibility index (Phi) is 3.94. The molecule has 0 heterocycles. The predicted molar refractivity (Wildman–Crippen MR) is 68.7 cm³/mol. The standard InChI is InChI=1S/C12H21NOSi/c1-13-9-10-8-11(15(3,4)5)6-7-12(10)14-2/h6-8,13H,9H2,1-5H3. The number of ether oxygens (including phenoxy) is 1. The van der Waals surface area contributed by atoms with E-state index in [1.807, 2.05) is 7.05 Å². The predicted octanol–water partition coefficient (Wildman–Crippen LogP) is 1.96. The van der Waals surface area contributed by atoms with Crippen molar-refractivity contribution in [3.8, 4) is 5.75 Å². The van der Waals surface area contributed by atoms with Crippen LogP contribution in [0.4, 0.5) is 0 Å². The maximum absolute atomic E-state index is 5.34. The van der Waals surface area contributed by atoms with Gasteiger partial charge in [-0.15, -0.1) is 0 Å². The molecule has 0 bridgehead atoms. The smallest absolute Gasteiger partial charge is 0.123 e. The van der Waals surface area contributed by atoms with Gasteiger partial charge in [-0.05, 0) is 13.1 Å². The number of nitrogens with one attached hydrogen (secondary N) is 1. The van der Waals surface area contributed by atoms with Crippen LogP contribution in [0.15, 0.2) is 18.2 Å². The fraction of sp³-hybridized carbons (Fsp3) is 0.500. The van der Waals surface area contributed by atoms with Crippen LogP contribution >= 0.6 is 0 Å². The van der Waals surface area contributed by atoms with E-state index in [4.69, 9.17) is 4.74 Å². The van der Waals surface area contributed by atoms with E-state index >= 15 is 0 Å². The Bertz CT molecular complexity index is 331. The van der Waals surface area contributed by atoms with Crippen LogP contribution in [0.5, 0.6) is 5.75 Å². The second kappa shape index (κ2) is 4.81. The largest absolute Gasteiger partial charge is 0.496 e. The molecule has 0 aromatic heterocycles. The van der Waals surface area contributed by atoms with Gasteiger partial charge in [0.2, 0.25) is 0 Å². The number of benzene rings is 1. The Labute approximate surface area is 93.7 Å². The number of hydrogen-bond donors (Lipinski definition) is 1. The van der Waals surface area contributed by atoms with Crippen molar-refractivity contribution in [2.24, 2.45) is 0 Å². The molecule has 1 rings (SSSR count). The molecule has 84 valence electrons. The Morgan fingerprint density at radius 1 is 1.27 bits per heavy atom. The molecule has 0 aliphatic carbocycles. The van der Waals surface area contributed by atoms with Crippen molar-refractivity contribution in [2.45, 2.75) is 26.2 Å². The summed E-state index contributed by atoms with van der Waals surface area (Å²) in [4.78, 5) is 0. The lowest BCUT2D eigenvalue weighted by molar-refractivity contribution is 0.408. The third-order valence-corrected chi connectivity index (χ3v) is 4.56. The molecular formula is C12H21NOSi. The van der Waals surface area contributed by atoms with Crippen LogP contribution in [0.2, 0.25) is 19.6 Å². The SMILES string of the molecule is CNCc1cc([Si](C)(C)C)ccc1OC. The van der Waals surface area contributed by atoms with Gasteiger partial charge in [-0.25, -0.2) is 0 Å². The summed E-state index contributed by atoms with van der Waals surface area (Å²) in [5, 5.41) is 4.65. The minimum atomic E-state index is -1.21. The van der Waals surface area contributed by atoms with E-state index in [1.165, 1.54) is 10.8 Å². The molecule has 2 nitrogen and oxygen atoms in total. The first-order valence-electron chi connectivity index (χ1n) is 5.31. The maximum Gasteiger partial charge on any atom is 0.123 e. The van der Waals surface area contributed by atoms with E-state index in [-0.39, 0.29) is 0 Å². The summed E-state index contributed by atoms with van der Waals surface area (Å²) in [7, 11) is 2.47. The minimum Gasteiger partial charge on any atom is -0.496 e. The Morgan fingerprint density at radius 2 is 1.93 bits per heavy atom. The zero-order valence-electron chi connectivity index (χ0n) is 10.3. The highest BCUT2D eigenvalue weighted by Gasteiger charge is 2.17. The molecule has 1 N–H and O–H groups in total. The molecular weight excluding hydrogens is 202 g/mol. The van der Waals surface area contributed by atoms with E-state index < -0.39 is 8.07 Å². The zero-order valence-corrected chi connectivity index (χ0v) is 11.3. The summed E-state index contributed by atoms with van der Waals surface area (Å²) in [6.45, 7) is 7.94. The van der Waals surface area contributed by atoms with Crippen LogP contribution in [0.3, 0.4) is 0 Å². The summed E-state index contributed by atoms with van der Waals surface area (Å²) < 4.78 is 5.34. The van der Waals surface area contributed by atoms with Crippen LogP contribution in [0.25, 0.3) is 0 Å². The molecule has 0 unspecified atom stereocenters. The van der Waals surface area contributed by atoms with Crippen molar-refractivity contribution in [1.29, 1.82) is 0 Å². The molecule has 0 radical (unpaired) electrons. The Hall–Kier alpha value is -0.803. The molecule has 1 aromatic carbocycles. The van der Waals surface area contributed by atoms with E-state index in [1.54, 1.807) is 7.11 Å². The first-order valence-corrected chi connectivity index (χ1v) is 8.81. The van der Waals surface area contributed by atoms with Crippen LogP contribution in [0, 0.1) is 0 Å². The second-order valence-electron chi connectivity index (χ2n) is 4.81. The molecule has 0 aliphatic rings. The molecule has 1 aromatic rings. The van der Waals surface area contributed by atoms with E-state index in [9.17, 15) is 0 Å². The maximum atomic E-state index is 5.34. The quantitative estimate of drug-likeness (QED) is 0.788. The minimum absolute atomic E-state index is 0.863. The van der Waals surface area contributed by atoms with Gasteiger partial charge in [0, 0.05) is 12.1 Å². The van der Waals surface area contributed by atoms with Crippen molar-refractivity contribution in [3.05, 3.63) is 23.8 Å². The third-order valence-electron chi connectivity index (χ3n) is 2.51. The topological polar surface area (TPSA) is 21.3 Å². The molecule has 3 heteroatoms. The second-order valence-corrected chi connectivity index (χ2v) is 9.88. The van der Waals surface area contributed by atoms with Crippen LogP contribution in [-0.4, -0.2) is 22.2 Å². The highest BCUT2D eigenvalue weighted by Crippen LogP contribution is 2.17. The highest BCUT2D eigenvalue weighted by atomic mass is 28.3. The van der Waals surface area contributed by atoms with Gasteiger partial charge in [0.25, 0.3) is 0 Å². The summed E-state index contributed by atoms with van der Waals surface area (Å²) in [5.41, 5.74) is 1.25. The van der Waals surface area contributed by atoms with Crippen molar-refractivity contribution in [2.75, 3.05) is 14.2 Å². The van der Waals surface area contributed by atoms with Gasteiger partial charge in [0.1, 0.15) is 5.75 Å². The number of methoxy groups -OCH3 is 1. The zero-order chi connectivity index (χ0) is 11.5.